The summed E-state index contributed by atoms with van der Waals surface area (Å²) in [6.45, 7) is 2.60. The van der Waals surface area contributed by atoms with E-state index in [1.165, 1.54) is 13.8 Å². The molecule has 0 unspecified atom stereocenters. The molecule has 4 nitrogen and oxygen atoms in total. The largest absolute Gasteiger partial charge is 0.334 e. The van der Waals surface area contributed by atoms with Crippen molar-refractivity contribution < 1.29 is 14.4 Å². The summed E-state index contributed by atoms with van der Waals surface area (Å²) in [4.78, 5) is 29.6. The van der Waals surface area contributed by atoms with E-state index in [4.69, 9.17) is 4.84 Å². The van der Waals surface area contributed by atoms with Gasteiger partial charge in [0.25, 0.3) is 5.91 Å². The number of rotatable bonds is 3. The molecular formula is C16H15NO3S. The molecule has 0 spiro atoms. The van der Waals surface area contributed by atoms with Crippen LogP contribution < -0.4 is 5.06 Å². The van der Waals surface area contributed by atoms with E-state index in [9.17, 15) is 9.59 Å². The molecule has 0 aliphatic heterocycles. The maximum absolute atomic E-state index is 11.5. The average molecular weight is 301 g/mol. The number of carbonyl (C=O) groups excluding carboxylic acids is 2. The van der Waals surface area contributed by atoms with Crippen LogP contribution >= 0.6 is 11.8 Å². The molecular weight excluding hydrogens is 286 g/mol. The molecule has 2 aromatic carbocycles. The van der Waals surface area contributed by atoms with E-state index in [0.29, 0.717) is 5.69 Å². The Bertz CT molecular complexity index is 626. The summed E-state index contributed by atoms with van der Waals surface area (Å²) in [5.41, 5.74) is 0.523. The van der Waals surface area contributed by atoms with Crippen LogP contribution in [0.25, 0.3) is 0 Å². The van der Waals surface area contributed by atoms with E-state index >= 15 is 0 Å². The normalized spacial score (nSPS) is 10.0. The van der Waals surface area contributed by atoms with Crippen molar-refractivity contribution in [2.45, 2.75) is 23.6 Å². The van der Waals surface area contributed by atoms with Crippen LogP contribution in [0.1, 0.15) is 13.8 Å². The molecule has 2 rings (SSSR count). The third kappa shape index (κ3) is 4.36. The summed E-state index contributed by atoms with van der Waals surface area (Å²) in [6.07, 6.45) is 0. The van der Waals surface area contributed by atoms with Gasteiger partial charge in [0.05, 0.1) is 5.69 Å². The van der Waals surface area contributed by atoms with Gasteiger partial charge in [-0.2, -0.15) is 0 Å². The number of nitrogens with zero attached hydrogens (tertiary/aromatic N) is 1. The zero-order chi connectivity index (χ0) is 15.2. The molecule has 0 saturated heterocycles. The molecule has 0 radical (unpaired) electrons. The monoisotopic (exact) mass is 301 g/mol. The third-order valence-electron chi connectivity index (χ3n) is 2.56. The van der Waals surface area contributed by atoms with Gasteiger partial charge in [-0.05, 0) is 36.4 Å². The lowest BCUT2D eigenvalue weighted by atomic mass is 10.3. The predicted octanol–water partition coefficient (Wildman–Crippen LogP) is 3.67. The van der Waals surface area contributed by atoms with Gasteiger partial charge in [-0.3, -0.25) is 4.79 Å². The van der Waals surface area contributed by atoms with E-state index in [0.717, 1.165) is 14.9 Å². The van der Waals surface area contributed by atoms with Gasteiger partial charge in [-0.15, -0.1) is 5.06 Å². The summed E-state index contributed by atoms with van der Waals surface area (Å²) >= 11 is 1.62. The third-order valence-corrected chi connectivity index (χ3v) is 3.57. The Labute approximate surface area is 127 Å². The van der Waals surface area contributed by atoms with Crippen LogP contribution in [0, 0.1) is 0 Å². The number of amides is 1. The van der Waals surface area contributed by atoms with Crippen LogP contribution in [0.15, 0.2) is 64.4 Å². The van der Waals surface area contributed by atoms with Crippen LogP contribution in [0.5, 0.6) is 0 Å². The lowest BCUT2D eigenvalue weighted by Crippen LogP contribution is -2.30. The average Bonchev–Trinajstić information content (AvgIpc) is 2.46. The van der Waals surface area contributed by atoms with Crippen molar-refractivity contribution in [1.29, 1.82) is 0 Å². The minimum atomic E-state index is -0.534. The zero-order valence-corrected chi connectivity index (χ0v) is 12.6. The van der Waals surface area contributed by atoms with Gasteiger partial charge < -0.3 is 4.84 Å². The van der Waals surface area contributed by atoms with E-state index < -0.39 is 5.97 Å². The number of hydrogen-bond donors (Lipinski definition) is 0. The van der Waals surface area contributed by atoms with Crippen molar-refractivity contribution >= 4 is 29.3 Å². The van der Waals surface area contributed by atoms with Gasteiger partial charge in [-0.25, -0.2) is 4.79 Å². The topological polar surface area (TPSA) is 46.6 Å². The van der Waals surface area contributed by atoms with Crippen molar-refractivity contribution in [3.05, 3.63) is 54.6 Å². The first-order valence-corrected chi connectivity index (χ1v) is 7.20. The minimum absolute atomic E-state index is 0.353. The maximum atomic E-state index is 11.5. The molecule has 0 aliphatic rings. The molecule has 2 aromatic rings. The fourth-order valence-electron chi connectivity index (χ4n) is 1.70. The Kier molecular flexibility index (Phi) is 5.00. The van der Waals surface area contributed by atoms with E-state index in [1.807, 2.05) is 42.5 Å². The standard InChI is InChI=1S/C16H15NO3S/c1-12(18)17(20-13(2)19)14-8-10-16(11-9-14)21-15-6-4-3-5-7-15/h3-11H,1-2H3. The number of hydrogen-bond acceptors (Lipinski definition) is 4. The molecule has 0 aromatic heterocycles. The lowest BCUT2D eigenvalue weighted by molar-refractivity contribution is -0.147. The molecule has 1 amide bonds. The summed E-state index contributed by atoms with van der Waals surface area (Å²) in [6, 6.07) is 17.2. The van der Waals surface area contributed by atoms with Crippen LogP contribution in [-0.4, -0.2) is 11.9 Å². The zero-order valence-electron chi connectivity index (χ0n) is 11.8. The SMILES string of the molecule is CC(=O)ON(C(C)=O)c1ccc(Sc2ccccc2)cc1. The second kappa shape index (κ2) is 6.95. The molecule has 0 bridgehead atoms. The highest BCUT2D eigenvalue weighted by Gasteiger charge is 2.15. The Hall–Kier alpha value is -2.27. The molecule has 0 N–H and O–H groups in total. The second-order valence-corrected chi connectivity index (χ2v) is 5.45. The predicted molar refractivity (Wildman–Crippen MR) is 81.9 cm³/mol. The highest BCUT2D eigenvalue weighted by molar-refractivity contribution is 7.99. The highest BCUT2D eigenvalue weighted by Crippen LogP contribution is 2.29. The molecule has 21 heavy (non-hydrogen) atoms. The first-order chi connectivity index (χ1) is 10.1. The molecule has 0 atom stereocenters. The molecule has 0 saturated carbocycles. The summed E-state index contributed by atoms with van der Waals surface area (Å²) in [5, 5.41) is 0.985. The molecule has 108 valence electrons. The van der Waals surface area contributed by atoms with Crippen molar-refractivity contribution in [2.75, 3.05) is 5.06 Å². The summed E-state index contributed by atoms with van der Waals surface area (Å²) in [7, 11) is 0. The Balaban J connectivity index is 2.14. The maximum Gasteiger partial charge on any atom is 0.330 e. The minimum Gasteiger partial charge on any atom is -0.334 e. The van der Waals surface area contributed by atoms with Crippen molar-refractivity contribution in [3.8, 4) is 0 Å². The fraction of sp³-hybridized carbons (Fsp3) is 0.125. The molecule has 0 heterocycles. The number of benzene rings is 2. The highest BCUT2D eigenvalue weighted by atomic mass is 32.2. The van der Waals surface area contributed by atoms with E-state index in [1.54, 1.807) is 23.9 Å². The van der Waals surface area contributed by atoms with Crippen LogP contribution in [-0.2, 0) is 14.4 Å². The second-order valence-electron chi connectivity index (χ2n) is 4.31. The van der Waals surface area contributed by atoms with Crippen LogP contribution in [0.3, 0.4) is 0 Å². The van der Waals surface area contributed by atoms with Crippen molar-refractivity contribution in [1.82, 2.24) is 0 Å². The Morgan fingerprint density at radius 2 is 1.48 bits per heavy atom. The van der Waals surface area contributed by atoms with Gasteiger partial charge in [0.2, 0.25) is 0 Å². The number of carbonyl (C=O) groups is 2. The van der Waals surface area contributed by atoms with Crippen LogP contribution in [0.2, 0.25) is 0 Å². The Morgan fingerprint density at radius 1 is 0.905 bits per heavy atom. The molecule has 0 aliphatic carbocycles. The van der Waals surface area contributed by atoms with Crippen molar-refractivity contribution in [3.63, 3.8) is 0 Å². The van der Waals surface area contributed by atoms with Gasteiger partial charge in [0, 0.05) is 23.6 Å². The van der Waals surface area contributed by atoms with Crippen LogP contribution in [0.4, 0.5) is 5.69 Å². The lowest BCUT2D eigenvalue weighted by Gasteiger charge is -2.18. The summed E-state index contributed by atoms with van der Waals surface area (Å²) in [5.74, 6) is -0.887. The fourth-order valence-corrected chi connectivity index (χ4v) is 2.54. The smallest absolute Gasteiger partial charge is 0.330 e. The van der Waals surface area contributed by atoms with Gasteiger partial charge in [0.15, 0.2) is 0 Å². The number of anilines is 1. The molecule has 5 heteroatoms. The summed E-state index contributed by atoms with van der Waals surface area (Å²) < 4.78 is 0. The van der Waals surface area contributed by atoms with Crippen molar-refractivity contribution in [2.24, 2.45) is 0 Å². The van der Waals surface area contributed by atoms with Gasteiger partial charge in [0.1, 0.15) is 0 Å². The quantitative estimate of drug-likeness (QED) is 0.812. The first-order valence-electron chi connectivity index (χ1n) is 6.38. The Morgan fingerprint density at radius 3 is 2.00 bits per heavy atom. The van der Waals surface area contributed by atoms with E-state index in [2.05, 4.69) is 0 Å². The van der Waals surface area contributed by atoms with Gasteiger partial charge in [-0.1, -0.05) is 30.0 Å². The van der Waals surface area contributed by atoms with Gasteiger partial charge >= 0.3 is 5.97 Å². The number of hydroxylamine groups is 1. The first kappa shape index (κ1) is 15.1. The van der Waals surface area contributed by atoms with E-state index in [-0.39, 0.29) is 5.91 Å². The molecule has 0 fully saturated rings.